The first-order valence-corrected chi connectivity index (χ1v) is 4.10. The molecule has 0 spiro atoms. The molecule has 0 radical (unpaired) electrons. The summed E-state index contributed by atoms with van der Waals surface area (Å²) in [6, 6.07) is 2.03. The Kier molecular flexibility index (Phi) is 3.61. The van der Waals surface area contributed by atoms with E-state index in [-0.39, 0.29) is 12.0 Å². The molecule has 1 rings (SSSR count). The van der Waals surface area contributed by atoms with Crippen molar-refractivity contribution in [2.24, 2.45) is 0 Å². The van der Waals surface area contributed by atoms with Gasteiger partial charge in [0.05, 0.1) is 6.42 Å². The van der Waals surface area contributed by atoms with Crippen LogP contribution in [-0.4, -0.2) is 6.29 Å². The first-order valence-electron chi connectivity index (χ1n) is 3.72. The topological polar surface area (TPSA) is 17.1 Å². The maximum Gasteiger partial charge on any atom is 0.146 e. The van der Waals surface area contributed by atoms with Gasteiger partial charge in [-0.15, -0.1) is 0 Å². The van der Waals surface area contributed by atoms with Crippen molar-refractivity contribution in [3.8, 4) is 11.8 Å². The lowest BCUT2D eigenvalue weighted by Gasteiger charge is -1.96. The van der Waals surface area contributed by atoms with E-state index in [4.69, 9.17) is 11.6 Å². The highest BCUT2D eigenvalue weighted by molar-refractivity contribution is 6.30. The molecule has 14 heavy (non-hydrogen) atoms. The average Bonchev–Trinajstić information content (AvgIpc) is 2.14. The van der Waals surface area contributed by atoms with Gasteiger partial charge in [0.1, 0.15) is 22.9 Å². The van der Waals surface area contributed by atoms with Crippen molar-refractivity contribution in [3.05, 3.63) is 34.4 Å². The molecular weight excluding hydrogens is 210 g/mol. The van der Waals surface area contributed by atoms with Gasteiger partial charge in [0.15, 0.2) is 0 Å². The van der Waals surface area contributed by atoms with E-state index in [9.17, 15) is 13.6 Å². The molecule has 0 saturated heterocycles. The summed E-state index contributed by atoms with van der Waals surface area (Å²) in [6.07, 6.45) is 0.640. The van der Waals surface area contributed by atoms with Crippen LogP contribution in [0.4, 0.5) is 8.78 Å². The highest BCUT2D eigenvalue weighted by Crippen LogP contribution is 2.19. The molecule has 0 heterocycles. The Morgan fingerprint density at radius 3 is 2.43 bits per heavy atom. The third-order valence-corrected chi connectivity index (χ3v) is 1.76. The summed E-state index contributed by atoms with van der Waals surface area (Å²) < 4.78 is 25.7. The Morgan fingerprint density at radius 1 is 1.36 bits per heavy atom. The van der Waals surface area contributed by atoms with Gasteiger partial charge in [-0.3, -0.25) is 0 Å². The predicted octanol–water partition coefficient (Wildman–Crippen LogP) is 2.56. The molecule has 72 valence electrons. The van der Waals surface area contributed by atoms with Gasteiger partial charge in [-0.1, -0.05) is 23.4 Å². The molecule has 4 heteroatoms. The highest BCUT2D eigenvalue weighted by atomic mass is 35.5. The van der Waals surface area contributed by atoms with E-state index >= 15 is 0 Å². The van der Waals surface area contributed by atoms with E-state index in [2.05, 4.69) is 11.8 Å². The van der Waals surface area contributed by atoms with E-state index < -0.39 is 16.7 Å². The van der Waals surface area contributed by atoms with Gasteiger partial charge in [-0.2, -0.15) is 0 Å². The number of hydrogen-bond donors (Lipinski definition) is 0. The SMILES string of the molecule is O=CCC#Cc1cc(F)c(Cl)c(F)c1. The minimum atomic E-state index is -0.859. The molecule has 0 unspecified atom stereocenters. The van der Waals surface area contributed by atoms with Gasteiger partial charge in [-0.25, -0.2) is 8.78 Å². The molecule has 0 bridgehead atoms. The minimum Gasteiger partial charge on any atom is -0.302 e. The summed E-state index contributed by atoms with van der Waals surface area (Å²) in [5.41, 5.74) is 0.159. The van der Waals surface area contributed by atoms with Crippen molar-refractivity contribution in [3.63, 3.8) is 0 Å². The molecule has 0 amide bonds. The number of halogens is 3. The zero-order chi connectivity index (χ0) is 10.6. The second-order valence-electron chi connectivity index (χ2n) is 2.43. The quantitative estimate of drug-likeness (QED) is 0.399. The molecule has 0 saturated carbocycles. The van der Waals surface area contributed by atoms with Crippen LogP contribution in [0.15, 0.2) is 12.1 Å². The molecule has 0 N–H and O–H groups in total. The third-order valence-electron chi connectivity index (χ3n) is 1.40. The maximum absolute atomic E-state index is 12.8. The summed E-state index contributed by atoms with van der Waals surface area (Å²) in [6.45, 7) is 0. The summed E-state index contributed by atoms with van der Waals surface area (Å²) in [4.78, 5) is 9.91. The molecule has 0 fully saturated rings. The van der Waals surface area contributed by atoms with Crippen LogP contribution < -0.4 is 0 Å². The summed E-state index contributed by atoms with van der Waals surface area (Å²) in [5.74, 6) is 3.15. The van der Waals surface area contributed by atoms with Gasteiger partial charge >= 0.3 is 0 Å². The Bertz CT molecular complexity index is 395. The smallest absolute Gasteiger partial charge is 0.146 e. The largest absolute Gasteiger partial charge is 0.302 e. The molecular formula is C10H5ClF2O. The minimum absolute atomic E-state index is 0.0336. The number of carbonyl (C=O) groups is 1. The Hall–Kier alpha value is -1.40. The lowest BCUT2D eigenvalue weighted by Crippen LogP contribution is -1.86. The molecule has 1 nitrogen and oxygen atoms in total. The zero-order valence-corrected chi connectivity index (χ0v) is 7.74. The van der Waals surface area contributed by atoms with Crippen LogP contribution in [0.25, 0.3) is 0 Å². The zero-order valence-electron chi connectivity index (χ0n) is 6.98. The van der Waals surface area contributed by atoms with E-state index in [0.29, 0.717) is 6.29 Å². The fourth-order valence-electron chi connectivity index (χ4n) is 0.822. The van der Waals surface area contributed by atoms with Crippen molar-refractivity contribution in [2.75, 3.05) is 0 Å². The number of benzene rings is 1. The Labute approximate surface area is 84.7 Å². The molecule has 0 aliphatic carbocycles. The predicted molar refractivity (Wildman–Crippen MR) is 48.9 cm³/mol. The summed E-state index contributed by atoms with van der Waals surface area (Å²) >= 11 is 5.26. The lowest BCUT2D eigenvalue weighted by atomic mass is 10.2. The van der Waals surface area contributed by atoms with Crippen molar-refractivity contribution >= 4 is 17.9 Å². The standard InChI is InChI=1S/C10H5ClF2O/c11-10-8(12)5-7(6-9(10)13)3-1-2-4-14/h4-6H,2H2. The fraction of sp³-hybridized carbons (Fsp3) is 0.100. The third kappa shape index (κ3) is 2.54. The van der Waals surface area contributed by atoms with Gasteiger partial charge < -0.3 is 4.79 Å². The van der Waals surface area contributed by atoms with Crippen LogP contribution in [0, 0.1) is 23.5 Å². The molecule has 0 aliphatic rings. The number of rotatable bonds is 1. The first-order chi connectivity index (χ1) is 6.65. The van der Waals surface area contributed by atoms with Crippen molar-refractivity contribution < 1.29 is 13.6 Å². The number of aldehydes is 1. The lowest BCUT2D eigenvalue weighted by molar-refractivity contribution is -0.107. The molecule has 1 aromatic rings. The Balaban J connectivity index is 3.02. The van der Waals surface area contributed by atoms with E-state index in [1.165, 1.54) is 0 Å². The van der Waals surface area contributed by atoms with Crippen LogP contribution in [-0.2, 0) is 4.79 Å². The highest BCUT2D eigenvalue weighted by Gasteiger charge is 2.06. The van der Waals surface area contributed by atoms with E-state index in [0.717, 1.165) is 12.1 Å². The van der Waals surface area contributed by atoms with Crippen molar-refractivity contribution in [1.29, 1.82) is 0 Å². The van der Waals surface area contributed by atoms with Gasteiger partial charge in [0, 0.05) is 5.56 Å². The van der Waals surface area contributed by atoms with Gasteiger partial charge in [0.25, 0.3) is 0 Å². The summed E-state index contributed by atoms with van der Waals surface area (Å²) in [7, 11) is 0. The van der Waals surface area contributed by atoms with Crippen LogP contribution in [0.5, 0.6) is 0 Å². The van der Waals surface area contributed by atoms with Crippen LogP contribution in [0.3, 0.4) is 0 Å². The second kappa shape index (κ2) is 4.73. The second-order valence-corrected chi connectivity index (χ2v) is 2.80. The number of carbonyl (C=O) groups excluding carboxylic acids is 1. The Morgan fingerprint density at radius 2 is 1.93 bits per heavy atom. The molecule has 0 aliphatic heterocycles. The van der Waals surface area contributed by atoms with Gasteiger partial charge in [-0.05, 0) is 12.1 Å². The normalized spacial score (nSPS) is 9.07. The monoisotopic (exact) mass is 214 g/mol. The van der Waals surface area contributed by atoms with Crippen LogP contribution >= 0.6 is 11.6 Å². The first kappa shape index (κ1) is 10.7. The maximum atomic E-state index is 12.8. The van der Waals surface area contributed by atoms with E-state index in [1.54, 1.807) is 0 Å². The van der Waals surface area contributed by atoms with Gasteiger partial charge in [0.2, 0.25) is 0 Å². The molecule has 0 atom stereocenters. The molecule has 0 aromatic heterocycles. The van der Waals surface area contributed by atoms with Crippen molar-refractivity contribution in [1.82, 2.24) is 0 Å². The van der Waals surface area contributed by atoms with Crippen molar-refractivity contribution in [2.45, 2.75) is 6.42 Å². The molecule has 1 aromatic carbocycles. The van der Waals surface area contributed by atoms with Crippen LogP contribution in [0.1, 0.15) is 12.0 Å². The average molecular weight is 215 g/mol. The summed E-state index contributed by atoms with van der Waals surface area (Å²) in [5, 5.41) is -0.550. The number of hydrogen-bond acceptors (Lipinski definition) is 1. The van der Waals surface area contributed by atoms with Crippen LogP contribution in [0.2, 0.25) is 5.02 Å². The van der Waals surface area contributed by atoms with E-state index in [1.807, 2.05) is 0 Å². The fourth-order valence-corrected chi connectivity index (χ4v) is 0.932.